The molecule has 0 aliphatic carbocycles. The van der Waals surface area contributed by atoms with E-state index in [0.29, 0.717) is 45.8 Å². The number of ether oxygens (including phenoxy) is 2. The normalized spacial score (nSPS) is 18.1. The highest BCUT2D eigenvalue weighted by atomic mass is 16.6. The molecule has 30 heteroatoms. The second kappa shape index (κ2) is 110. The van der Waals surface area contributed by atoms with Gasteiger partial charge in [0.25, 0.3) is 0 Å². The average Bonchev–Trinajstić information content (AvgIpc) is 0.815. The topological polar surface area (TPSA) is 462 Å². The molecule has 2 rings (SSSR count). The number of aliphatic hydroxyl groups excluding tert-OH is 8. The first kappa shape index (κ1) is 144. The predicted molar refractivity (Wildman–Crippen MR) is 612 cm³/mol. The number of aliphatic hydroxyl groups is 8. The highest BCUT2D eigenvalue weighted by molar-refractivity contribution is 5.90. The summed E-state index contributed by atoms with van der Waals surface area (Å²) in [6.07, 6.45) is 78.5. The molecule has 30 nitrogen and oxygen atoms in total. The van der Waals surface area contributed by atoms with Crippen LogP contribution < -0.4 is 64.6 Å². The molecule has 148 heavy (non-hydrogen) atoms. The molecule has 2 heterocycles. The molecule has 0 radical (unpaired) electrons. The summed E-state index contributed by atoms with van der Waals surface area (Å²) in [5, 5.41) is 112. The van der Waals surface area contributed by atoms with Gasteiger partial charge in [-0.25, -0.2) is 0 Å². The van der Waals surface area contributed by atoms with E-state index in [-0.39, 0.29) is 62.4 Å². The number of unbranched alkanes of at least 4 members (excludes halogenated alkanes) is 61. The standard InChI is InChI=1S/C59H119N7O8.C42H85N7O8.C17H36/c1-3-5-7-9-11-13-15-17-19-21-23-25-27-29-31-35-47-66(48-36-32-30-28-26-24-22-20-18-16-14-12-10-8-6-4-2)58(72)51(39-40-53(68)65-55-57(71)56(70)52(50-67)74-59(55)73)64-54(69)49-63-46-38-45-62-43-34-33-42-61-44-37-41-60;1-3-4-5-6-7-8-9-10-11-12-13-14-15-16-17-20-31-49(2)41(55)34(23-24-36(51)48-38-40(54)39(53)35(33-50)57-42(38)56)47-37(52)32-46-30-22-29-45-27-19-18-26-44-28-21-25-43;1-3-5-7-9-11-13-15-17-16-14-12-10-8-6-4-2/h51-52,55-57,59,61-63,67,70-71,73H,3-50,60H2,1-2H3,(H,64,69)(H,65,68);34-35,38-40,42,44-46,50,53-54,56H,3-33,43H2,1-2H3,(H,47,52)(H,48,51);3-17H2,1-2H3/t51?,52?,55?,56-,57?,59+;34?,35?,38?,39-,40?,42-;/m10./s1. The molecule has 6 amide bonds. The SMILES string of the molecule is CCCCCCCCCCCCCCCCC.CCCCCCCCCCCCCCCCCCN(C)C(=O)C(CCC(=O)NC1C(O)[C@@H](O)C(CO)O[C@@H]1O)NC(=O)CNCCCNCCCCNCCCN.CCCCCCCCCCCCCCCCCCN(CCCCCCCCCCCCCCCCCC)C(=O)C(CCC(=O)NC1C(O)[C@H](O)C(CO)O[C@@H]1O)NC(=O)CNCCCNCCCCNCCCN. The fourth-order valence-electron chi connectivity index (χ4n) is 19.6. The lowest BCUT2D eigenvalue weighted by molar-refractivity contribution is -0.253. The summed E-state index contributed by atoms with van der Waals surface area (Å²) in [5.41, 5.74) is 11.1. The molecule has 878 valence electrons. The summed E-state index contributed by atoms with van der Waals surface area (Å²) in [5.74, 6) is -2.35. The van der Waals surface area contributed by atoms with Gasteiger partial charge in [0.05, 0.1) is 26.3 Å². The van der Waals surface area contributed by atoms with Gasteiger partial charge in [0, 0.05) is 39.5 Å². The Bertz CT molecular complexity index is 2830. The molecule has 2 aliphatic heterocycles. The Morgan fingerprint density at radius 2 is 0.480 bits per heavy atom. The highest BCUT2D eigenvalue weighted by Crippen LogP contribution is 2.26. The van der Waals surface area contributed by atoms with Gasteiger partial charge >= 0.3 is 0 Å². The number of hydrogen-bond acceptors (Lipinski definition) is 24. The molecule has 2 aliphatic rings. The molecule has 0 aromatic rings. The van der Waals surface area contributed by atoms with Crippen molar-refractivity contribution < 1.29 is 79.1 Å². The van der Waals surface area contributed by atoms with Gasteiger partial charge in [0.15, 0.2) is 12.6 Å². The molecule has 0 spiro atoms. The maximum absolute atomic E-state index is 14.6. The molecule has 2 saturated heterocycles. The van der Waals surface area contributed by atoms with Crippen LogP contribution in [-0.2, 0) is 38.2 Å². The zero-order valence-electron chi connectivity index (χ0n) is 96.3. The second-order valence-electron chi connectivity index (χ2n) is 43.3. The molecule has 12 atom stereocenters. The number of carbonyl (C=O) groups excluding carboxylic acids is 6. The third-order valence-corrected chi connectivity index (χ3v) is 29.4. The average molecular weight is 2110 g/mol. The summed E-state index contributed by atoms with van der Waals surface area (Å²) >= 11 is 0. The lowest BCUT2D eigenvalue weighted by Crippen LogP contribution is -2.64. The van der Waals surface area contributed by atoms with Crippen molar-refractivity contribution in [3.05, 3.63) is 0 Å². The zero-order valence-corrected chi connectivity index (χ0v) is 96.3. The summed E-state index contributed by atoms with van der Waals surface area (Å²) < 4.78 is 10.4. The van der Waals surface area contributed by atoms with E-state index < -0.39 is 98.4 Å². The Hall–Kier alpha value is -3.90. The van der Waals surface area contributed by atoms with Crippen molar-refractivity contribution in [1.82, 2.24) is 63.0 Å². The van der Waals surface area contributed by atoms with Crippen molar-refractivity contribution in [2.45, 2.75) is 590 Å². The van der Waals surface area contributed by atoms with Crippen molar-refractivity contribution in [3.63, 3.8) is 0 Å². The third-order valence-electron chi connectivity index (χ3n) is 29.4. The van der Waals surface area contributed by atoms with Crippen molar-refractivity contribution >= 4 is 35.4 Å². The van der Waals surface area contributed by atoms with Crippen LogP contribution in [0.1, 0.15) is 516 Å². The maximum Gasteiger partial charge on any atom is 0.245 e. The first-order valence-corrected chi connectivity index (χ1v) is 62.2. The van der Waals surface area contributed by atoms with Crippen LogP contribution in [0.3, 0.4) is 0 Å². The van der Waals surface area contributed by atoms with Gasteiger partial charge in [-0.15, -0.1) is 0 Å². The molecule has 8 unspecified atom stereocenters. The highest BCUT2D eigenvalue weighted by Gasteiger charge is 2.46. The van der Waals surface area contributed by atoms with Crippen LogP contribution >= 0.6 is 0 Å². The molecular weight excluding hydrogens is 1870 g/mol. The van der Waals surface area contributed by atoms with Crippen LogP contribution in [0.15, 0.2) is 0 Å². The van der Waals surface area contributed by atoms with Gasteiger partial charge in [-0.1, -0.05) is 420 Å². The van der Waals surface area contributed by atoms with E-state index in [1.165, 1.54) is 347 Å². The number of nitrogens with two attached hydrogens (primary N) is 2. The van der Waals surface area contributed by atoms with E-state index in [1.54, 1.807) is 11.9 Å². The van der Waals surface area contributed by atoms with Crippen LogP contribution in [-0.4, -0.2) is 291 Å². The van der Waals surface area contributed by atoms with E-state index in [1.807, 2.05) is 4.90 Å². The molecular formula is C118H240N14O16. The van der Waals surface area contributed by atoms with Crippen LogP contribution in [0.25, 0.3) is 0 Å². The number of rotatable bonds is 107. The van der Waals surface area contributed by atoms with E-state index in [4.69, 9.17) is 20.9 Å². The minimum Gasteiger partial charge on any atom is -0.394 e. The smallest absolute Gasteiger partial charge is 0.245 e. The van der Waals surface area contributed by atoms with E-state index >= 15 is 0 Å². The van der Waals surface area contributed by atoms with E-state index in [0.717, 1.165) is 162 Å². The Balaban J connectivity index is 0.00000257. The minimum absolute atomic E-state index is 0.00620. The van der Waals surface area contributed by atoms with Crippen molar-refractivity contribution in [3.8, 4) is 0 Å². The fourth-order valence-corrected chi connectivity index (χ4v) is 19.6. The lowest BCUT2D eigenvalue weighted by Gasteiger charge is -2.40. The van der Waals surface area contributed by atoms with E-state index in [9.17, 15) is 69.6 Å². The molecule has 0 aromatic carbocycles. The monoisotopic (exact) mass is 2110 g/mol. The van der Waals surface area contributed by atoms with Crippen molar-refractivity contribution in [2.24, 2.45) is 11.5 Å². The summed E-state index contributed by atoms with van der Waals surface area (Å²) in [4.78, 5) is 84.3. The number of carbonyl (C=O) groups is 6. The number of amides is 6. The first-order chi connectivity index (χ1) is 72.3. The minimum atomic E-state index is -1.66. The maximum atomic E-state index is 14.6. The van der Waals surface area contributed by atoms with Gasteiger partial charge in [0.1, 0.15) is 60.8 Å². The lowest BCUT2D eigenvalue weighted by atomic mass is 9.97. The Morgan fingerprint density at radius 3 is 0.723 bits per heavy atom. The Labute approximate surface area is 905 Å². The first-order valence-electron chi connectivity index (χ1n) is 62.2. The van der Waals surface area contributed by atoms with Gasteiger partial charge in [-0.3, -0.25) is 28.8 Å². The number of likely N-dealkylation sites (N-methyl/N-ethyl adjacent to an activating group) is 1. The van der Waals surface area contributed by atoms with Crippen molar-refractivity contribution in [2.75, 3.05) is 132 Å². The fraction of sp³-hybridized carbons (Fsp3) is 0.949. The summed E-state index contributed by atoms with van der Waals surface area (Å²) in [7, 11) is 1.71. The molecule has 0 saturated carbocycles. The van der Waals surface area contributed by atoms with Crippen LogP contribution in [0, 0.1) is 0 Å². The van der Waals surface area contributed by atoms with Crippen LogP contribution in [0.4, 0.5) is 0 Å². The van der Waals surface area contributed by atoms with Crippen LogP contribution in [0.5, 0.6) is 0 Å². The zero-order chi connectivity index (χ0) is 109. The quantitative estimate of drug-likeness (QED) is 0.0251. The summed E-state index contributed by atoms with van der Waals surface area (Å²) in [6, 6.07) is -4.58. The largest absolute Gasteiger partial charge is 0.394 e. The predicted octanol–water partition coefficient (Wildman–Crippen LogP) is 17.9. The van der Waals surface area contributed by atoms with Gasteiger partial charge < -0.3 is 125 Å². The van der Waals surface area contributed by atoms with E-state index in [2.05, 4.69) is 87.8 Å². The number of nitrogens with one attached hydrogen (secondary N) is 10. The molecule has 0 aromatic heterocycles. The Kier molecular flexibility index (Phi) is 107. The third kappa shape index (κ3) is 87.2. The van der Waals surface area contributed by atoms with Gasteiger partial charge in [0.2, 0.25) is 35.4 Å². The number of hydrogen-bond donors (Lipinski definition) is 20. The molecule has 2 fully saturated rings. The Morgan fingerprint density at radius 1 is 0.264 bits per heavy atom. The second-order valence-corrected chi connectivity index (χ2v) is 43.3. The molecule has 22 N–H and O–H groups in total. The van der Waals surface area contributed by atoms with Crippen LogP contribution in [0.2, 0.25) is 0 Å². The summed E-state index contributed by atoms with van der Waals surface area (Å²) in [6.45, 7) is 22.0. The van der Waals surface area contributed by atoms with Crippen molar-refractivity contribution in [1.29, 1.82) is 0 Å². The van der Waals surface area contributed by atoms with Gasteiger partial charge in [-0.2, -0.15) is 0 Å². The molecule has 0 bridgehead atoms. The van der Waals surface area contributed by atoms with Gasteiger partial charge in [-0.05, 0) is 162 Å². The number of nitrogens with zero attached hydrogens (tertiary/aromatic N) is 2.